The third kappa shape index (κ3) is 4.40. The van der Waals surface area contributed by atoms with Crippen molar-refractivity contribution in [2.24, 2.45) is 0 Å². The Morgan fingerprint density at radius 2 is 2.18 bits per heavy atom. The van der Waals surface area contributed by atoms with Crippen LogP contribution in [-0.4, -0.2) is 29.9 Å². The number of thioether (sulfide) groups is 1. The van der Waals surface area contributed by atoms with Crippen LogP contribution in [0.1, 0.15) is 17.5 Å². The number of carboxylic acids is 1. The Morgan fingerprint density at radius 3 is 2.71 bits per heavy atom. The SMILES string of the molecule is CNC(CCSc1ccc(C)cc1C)C(=O)O. The number of aryl methyl sites for hydroxylation is 2. The standard InChI is InChI=1S/C13H19NO2S/c1-9-4-5-12(10(2)8-9)17-7-6-11(14-3)13(15)16/h4-5,8,11,14H,6-7H2,1-3H3,(H,15,16). The van der Waals surface area contributed by atoms with Crippen LogP contribution in [0.2, 0.25) is 0 Å². The van der Waals surface area contributed by atoms with Crippen LogP contribution in [0, 0.1) is 13.8 Å². The largest absolute Gasteiger partial charge is 0.480 e. The van der Waals surface area contributed by atoms with Crippen molar-refractivity contribution in [1.29, 1.82) is 0 Å². The van der Waals surface area contributed by atoms with Crippen molar-refractivity contribution in [3.05, 3.63) is 29.3 Å². The van der Waals surface area contributed by atoms with Crippen molar-refractivity contribution >= 4 is 17.7 Å². The molecule has 0 spiro atoms. The molecule has 3 nitrogen and oxygen atoms in total. The Balaban J connectivity index is 2.48. The van der Waals surface area contributed by atoms with Gasteiger partial charge in [-0.15, -0.1) is 11.8 Å². The zero-order valence-corrected chi connectivity index (χ0v) is 11.3. The molecule has 0 aromatic heterocycles. The molecule has 2 N–H and O–H groups in total. The van der Waals surface area contributed by atoms with Crippen LogP contribution < -0.4 is 5.32 Å². The molecule has 1 unspecified atom stereocenters. The molecule has 0 heterocycles. The number of hydrogen-bond acceptors (Lipinski definition) is 3. The summed E-state index contributed by atoms with van der Waals surface area (Å²) >= 11 is 1.71. The molecule has 0 saturated carbocycles. The zero-order valence-electron chi connectivity index (χ0n) is 10.5. The maximum atomic E-state index is 10.8. The minimum Gasteiger partial charge on any atom is -0.480 e. The number of rotatable bonds is 6. The molecule has 0 aliphatic heterocycles. The molecule has 1 aromatic carbocycles. The van der Waals surface area contributed by atoms with E-state index in [9.17, 15) is 4.79 Å². The number of carboxylic acid groups (broad SMARTS) is 1. The fourth-order valence-electron chi connectivity index (χ4n) is 1.64. The lowest BCUT2D eigenvalue weighted by molar-refractivity contribution is -0.139. The van der Waals surface area contributed by atoms with Gasteiger partial charge in [0.05, 0.1) is 0 Å². The lowest BCUT2D eigenvalue weighted by atomic mass is 10.2. The third-order valence-corrected chi connectivity index (χ3v) is 3.85. The monoisotopic (exact) mass is 253 g/mol. The van der Waals surface area contributed by atoms with Crippen molar-refractivity contribution in [3.63, 3.8) is 0 Å². The first-order valence-electron chi connectivity index (χ1n) is 5.64. The predicted molar refractivity (Wildman–Crippen MR) is 71.7 cm³/mol. The average Bonchev–Trinajstić information content (AvgIpc) is 2.26. The minimum absolute atomic E-state index is 0.451. The van der Waals surface area contributed by atoms with Crippen molar-refractivity contribution < 1.29 is 9.90 Å². The van der Waals surface area contributed by atoms with Crippen LogP contribution in [0.25, 0.3) is 0 Å². The Bertz CT molecular complexity index is 393. The second kappa shape index (κ2) is 6.67. The molecule has 0 bridgehead atoms. The number of likely N-dealkylation sites (N-methyl/N-ethyl adjacent to an activating group) is 1. The van der Waals surface area contributed by atoms with Crippen LogP contribution in [0.15, 0.2) is 23.1 Å². The number of nitrogens with one attached hydrogen (secondary N) is 1. The van der Waals surface area contributed by atoms with Crippen LogP contribution in [0.3, 0.4) is 0 Å². The van der Waals surface area contributed by atoms with Crippen molar-refractivity contribution in [2.75, 3.05) is 12.8 Å². The van der Waals surface area contributed by atoms with Gasteiger partial charge >= 0.3 is 5.97 Å². The second-order valence-corrected chi connectivity index (χ2v) is 5.22. The zero-order chi connectivity index (χ0) is 12.8. The topological polar surface area (TPSA) is 49.3 Å². The smallest absolute Gasteiger partial charge is 0.320 e. The fraction of sp³-hybridized carbons (Fsp3) is 0.462. The lowest BCUT2D eigenvalue weighted by Gasteiger charge is -2.11. The molecule has 0 aliphatic carbocycles. The Morgan fingerprint density at radius 1 is 1.47 bits per heavy atom. The van der Waals surface area contributed by atoms with E-state index in [-0.39, 0.29) is 0 Å². The highest BCUT2D eigenvalue weighted by Gasteiger charge is 2.14. The van der Waals surface area contributed by atoms with Crippen molar-refractivity contribution in [1.82, 2.24) is 5.32 Å². The molecule has 1 aromatic rings. The van der Waals surface area contributed by atoms with Crippen LogP contribution in [0.5, 0.6) is 0 Å². The van der Waals surface area contributed by atoms with Gasteiger partial charge in [-0.2, -0.15) is 0 Å². The molecule has 94 valence electrons. The van der Waals surface area contributed by atoms with Gasteiger partial charge in [0.15, 0.2) is 0 Å². The number of hydrogen-bond donors (Lipinski definition) is 2. The van der Waals surface area contributed by atoms with Crippen molar-refractivity contribution in [3.8, 4) is 0 Å². The van der Waals surface area contributed by atoms with Gasteiger partial charge in [0.1, 0.15) is 6.04 Å². The summed E-state index contributed by atoms with van der Waals surface area (Å²) in [5.74, 6) is 0.0237. The van der Waals surface area contributed by atoms with E-state index < -0.39 is 12.0 Å². The van der Waals surface area contributed by atoms with Crippen molar-refractivity contribution in [2.45, 2.75) is 31.2 Å². The summed E-state index contributed by atoms with van der Waals surface area (Å²) in [5.41, 5.74) is 2.51. The van der Waals surface area contributed by atoms with E-state index in [1.807, 2.05) is 0 Å². The molecule has 17 heavy (non-hydrogen) atoms. The first-order valence-corrected chi connectivity index (χ1v) is 6.63. The van der Waals surface area contributed by atoms with Gasteiger partial charge in [-0.05, 0) is 38.9 Å². The summed E-state index contributed by atoms with van der Waals surface area (Å²) in [5, 5.41) is 11.7. The molecular weight excluding hydrogens is 234 g/mol. The van der Waals surface area contributed by atoms with E-state index in [1.165, 1.54) is 16.0 Å². The lowest BCUT2D eigenvalue weighted by Crippen LogP contribution is -2.34. The van der Waals surface area contributed by atoms with Gasteiger partial charge in [-0.3, -0.25) is 4.79 Å². The van der Waals surface area contributed by atoms with E-state index in [1.54, 1.807) is 18.8 Å². The number of benzene rings is 1. The van der Waals surface area contributed by atoms with E-state index in [0.29, 0.717) is 6.42 Å². The molecule has 0 radical (unpaired) electrons. The van der Waals surface area contributed by atoms with Crippen LogP contribution >= 0.6 is 11.8 Å². The van der Waals surface area contributed by atoms with Gasteiger partial charge in [-0.25, -0.2) is 0 Å². The molecule has 0 amide bonds. The van der Waals surface area contributed by atoms with E-state index in [4.69, 9.17) is 5.11 Å². The molecule has 1 rings (SSSR count). The third-order valence-electron chi connectivity index (χ3n) is 2.64. The molecule has 4 heteroatoms. The van der Waals surface area contributed by atoms with Gasteiger partial charge in [0.25, 0.3) is 0 Å². The molecule has 0 saturated heterocycles. The maximum absolute atomic E-state index is 10.8. The Hall–Kier alpha value is -1.00. The summed E-state index contributed by atoms with van der Waals surface area (Å²) < 4.78 is 0. The summed E-state index contributed by atoms with van der Waals surface area (Å²) in [6, 6.07) is 5.88. The molecular formula is C13H19NO2S. The predicted octanol–water partition coefficient (Wildman–Crippen LogP) is 2.46. The minimum atomic E-state index is -0.784. The Labute approximate surface area is 107 Å². The van der Waals surface area contributed by atoms with E-state index in [2.05, 4.69) is 37.4 Å². The highest BCUT2D eigenvalue weighted by Crippen LogP contribution is 2.24. The van der Waals surface area contributed by atoms with Gasteiger partial charge in [0, 0.05) is 10.6 Å². The normalized spacial score (nSPS) is 12.4. The highest BCUT2D eigenvalue weighted by atomic mass is 32.2. The fourth-order valence-corrected chi connectivity index (χ4v) is 2.66. The number of aliphatic carboxylic acids is 1. The quantitative estimate of drug-likeness (QED) is 0.765. The average molecular weight is 253 g/mol. The highest BCUT2D eigenvalue weighted by molar-refractivity contribution is 7.99. The summed E-state index contributed by atoms with van der Waals surface area (Å²) in [6.45, 7) is 4.16. The van der Waals surface area contributed by atoms with Crippen LogP contribution in [0.4, 0.5) is 0 Å². The van der Waals surface area contributed by atoms with Gasteiger partial charge in [-0.1, -0.05) is 17.7 Å². The Kier molecular flexibility index (Phi) is 5.51. The molecule has 1 atom stereocenters. The maximum Gasteiger partial charge on any atom is 0.320 e. The van der Waals surface area contributed by atoms with Gasteiger partial charge < -0.3 is 10.4 Å². The number of carbonyl (C=O) groups is 1. The molecule has 0 aliphatic rings. The van der Waals surface area contributed by atoms with Gasteiger partial charge in [0.2, 0.25) is 0 Å². The van der Waals surface area contributed by atoms with Crippen LogP contribution in [-0.2, 0) is 4.79 Å². The summed E-state index contributed by atoms with van der Waals surface area (Å²) in [7, 11) is 1.68. The van der Waals surface area contributed by atoms with E-state index >= 15 is 0 Å². The summed E-state index contributed by atoms with van der Waals surface area (Å²) in [4.78, 5) is 12.0. The first kappa shape index (κ1) is 14.1. The summed E-state index contributed by atoms with van der Waals surface area (Å²) in [6.07, 6.45) is 0.629. The van der Waals surface area contributed by atoms with E-state index in [0.717, 1.165) is 5.75 Å². The molecule has 0 fully saturated rings. The second-order valence-electron chi connectivity index (χ2n) is 4.09. The first-order chi connectivity index (χ1) is 8.04.